The zero-order chi connectivity index (χ0) is 12.4. The number of aromatic nitrogens is 1. The van der Waals surface area contributed by atoms with Crippen LogP contribution in [0.3, 0.4) is 0 Å². The van der Waals surface area contributed by atoms with Gasteiger partial charge in [-0.25, -0.2) is 0 Å². The highest BCUT2D eigenvalue weighted by atomic mass is 32.1. The molecule has 0 saturated carbocycles. The van der Waals surface area contributed by atoms with Gasteiger partial charge in [0.2, 0.25) is 0 Å². The summed E-state index contributed by atoms with van der Waals surface area (Å²) in [5.41, 5.74) is 5.90. The van der Waals surface area contributed by atoms with Crippen molar-refractivity contribution in [3.05, 3.63) is 33.0 Å². The molecule has 5 nitrogen and oxygen atoms in total. The molecule has 90 valence electrons. The number of nitrogens with zero attached hydrogens (tertiary/aromatic N) is 1. The third-order valence-electron chi connectivity index (χ3n) is 2.26. The van der Waals surface area contributed by atoms with Crippen LogP contribution in [0.15, 0.2) is 22.8 Å². The van der Waals surface area contributed by atoms with Gasteiger partial charge in [0.05, 0.1) is 12.8 Å². The molecule has 2 aromatic heterocycles. The molecule has 17 heavy (non-hydrogen) atoms. The number of rotatable bonds is 3. The van der Waals surface area contributed by atoms with Crippen molar-refractivity contribution in [2.75, 3.05) is 12.8 Å². The first kappa shape index (κ1) is 11.9. The van der Waals surface area contributed by atoms with Gasteiger partial charge in [-0.05, 0) is 24.4 Å². The van der Waals surface area contributed by atoms with Crippen LogP contribution in [-0.4, -0.2) is 17.5 Å². The lowest BCUT2D eigenvalue weighted by atomic mass is 10.4. The largest absolute Gasteiger partial charge is 0.467 e. The zero-order valence-electron chi connectivity index (χ0n) is 9.10. The maximum atomic E-state index is 11.5. The number of carbonyl (C=O) groups is 1. The monoisotopic (exact) mass is 269 g/mol. The summed E-state index contributed by atoms with van der Waals surface area (Å²) in [7, 11) is 1.56. The predicted molar refractivity (Wildman–Crippen MR) is 68.8 cm³/mol. The summed E-state index contributed by atoms with van der Waals surface area (Å²) in [5.74, 6) is 0.890. The molecule has 0 fully saturated rings. The number of thiazole rings is 1. The van der Waals surface area contributed by atoms with Gasteiger partial charge in [-0.3, -0.25) is 4.79 Å². The first-order chi connectivity index (χ1) is 8.13. The van der Waals surface area contributed by atoms with Gasteiger partial charge in [-0.1, -0.05) is 11.3 Å². The third-order valence-corrected chi connectivity index (χ3v) is 3.72. The van der Waals surface area contributed by atoms with Crippen molar-refractivity contribution < 1.29 is 9.21 Å². The average molecular weight is 269 g/mol. The second-order valence-electron chi connectivity index (χ2n) is 3.33. The Balaban J connectivity index is 2.38. The van der Waals surface area contributed by atoms with E-state index in [1.165, 1.54) is 11.3 Å². The summed E-state index contributed by atoms with van der Waals surface area (Å²) in [5, 5.41) is 2.53. The van der Waals surface area contributed by atoms with Gasteiger partial charge in [0.1, 0.15) is 16.5 Å². The fourth-order valence-corrected chi connectivity index (χ4v) is 2.67. The van der Waals surface area contributed by atoms with Crippen molar-refractivity contribution in [3.8, 4) is 0 Å². The van der Waals surface area contributed by atoms with Crippen molar-refractivity contribution in [2.45, 2.75) is 6.54 Å². The van der Waals surface area contributed by atoms with Crippen LogP contribution >= 0.6 is 23.6 Å². The number of hydrogen-bond acceptors (Lipinski definition) is 5. The predicted octanol–water partition coefficient (Wildman–Crippen LogP) is 1.86. The molecule has 0 radical (unpaired) electrons. The summed E-state index contributed by atoms with van der Waals surface area (Å²) in [4.78, 5) is 12.0. The van der Waals surface area contributed by atoms with E-state index in [9.17, 15) is 4.79 Å². The molecule has 0 atom stereocenters. The molecular weight excluding hydrogens is 258 g/mol. The van der Waals surface area contributed by atoms with Crippen molar-refractivity contribution in [2.24, 2.45) is 0 Å². The second-order valence-corrected chi connectivity index (χ2v) is 4.97. The highest BCUT2D eigenvalue weighted by molar-refractivity contribution is 7.73. The first-order valence-electron chi connectivity index (χ1n) is 4.87. The molecule has 7 heteroatoms. The first-order valence-corrected chi connectivity index (χ1v) is 6.09. The Morgan fingerprint density at radius 2 is 2.47 bits per heavy atom. The Morgan fingerprint density at radius 1 is 1.71 bits per heavy atom. The number of carbonyl (C=O) groups excluding carboxylic acids is 1. The van der Waals surface area contributed by atoms with Gasteiger partial charge in [-0.15, -0.1) is 0 Å². The van der Waals surface area contributed by atoms with E-state index in [-0.39, 0.29) is 5.91 Å². The third kappa shape index (κ3) is 2.25. The lowest BCUT2D eigenvalue weighted by Gasteiger charge is -2.03. The minimum absolute atomic E-state index is 0.225. The minimum atomic E-state index is -0.225. The fraction of sp³-hybridized carbons (Fsp3) is 0.200. The Morgan fingerprint density at radius 3 is 3.06 bits per heavy atom. The summed E-state index contributed by atoms with van der Waals surface area (Å²) in [6.45, 7) is 0.436. The molecule has 0 aromatic carbocycles. The molecule has 0 aliphatic heterocycles. The van der Waals surface area contributed by atoms with Crippen LogP contribution in [-0.2, 0) is 6.54 Å². The number of nitrogen functional groups attached to an aromatic ring is 1. The molecule has 1 amide bonds. The van der Waals surface area contributed by atoms with E-state index in [2.05, 4.69) is 5.32 Å². The lowest BCUT2D eigenvalue weighted by Crippen LogP contribution is -2.18. The van der Waals surface area contributed by atoms with Gasteiger partial charge in [0.15, 0.2) is 3.95 Å². The molecule has 2 heterocycles. The Hall–Kier alpha value is -1.60. The van der Waals surface area contributed by atoms with Crippen LogP contribution in [0.2, 0.25) is 0 Å². The Bertz CT molecular complexity index is 583. The normalized spacial score (nSPS) is 10.4. The number of furan rings is 1. The SMILES string of the molecule is CNC(=O)c1sc(=S)n(Cc2ccco2)c1N. The number of hydrogen-bond donors (Lipinski definition) is 2. The van der Waals surface area contributed by atoms with Gasteiger partial charge in [0.25, 0.3) is 5.91 Å². The summed E-state index contributed by atoms with van der Waals surface area (Å²) in [6.07, 6.45) is 1.58. The smallest absolute Gasteiger partial charge is 0.264 e. The Labute approximate surface area is 107 Å². The molecule has 0 aliphatic rings. The molecule has 0 spiro atoms. The van der Waals surface area contributed by atoms with E-state index in [0.29, 0.717) is 21.2 Å². The molecular formula is C10H11N3O2S2. The van der Waals surface area contributed by atoms with E-state index in [4.69, 9.17) is 22.4 Å². The molecule has 2 aromatic rings. The summed E-state index contributed by atoms with van der Waals surface area (Å²) < 4.78 is 7.46. The summed E-state index contributed by atoms with van der Waals surface area (Å²) >= 11 is 6.38. The molecule has 2 rings (SSSR count). The maximum Gasteiger partial charge on any atom is 0.264 e. The molecule has 0 unspecified atom stereocenters. The number of anilines is 1. The van der Waals surface area contributed by atoms with Crippen LogP contribution in [0.1, 0.15) is 15.4 Å². The van der Waals surface area contributed by atoms with E-state index in [0.717, 1.165) is 5.76 Å². The van der Waals surface area contributed by atoms with Crippen LogP contribution < -0.4 is 11.1 Å². The van der Waals surface area contributed by atoms with E-state index in [1.807, 2.05) is 6.07 Å². The number of nitrogens with two attached hydrogens (primary N) is 1. The van der Waals surface area contributed by atoms with Crippen LogP contribution in [0, 0.1) is 3.95 Å². The highest BCUT2D eigenvalue weighted by Crippen LogP contribution is 2.23. The fourth-order valence-electron chi connectivity index (χ4n) is 1.40. The zero-order valence-corrected chi connectivity index (χ0v) is 10.7. The van der Waals surface area contributed by atoms with Crippen LogP contribution in [0.25, 0.3) is 0 Å². The van der Waals surface area contributed by atoms with Crippen molar-refractivity contribution in [1.29, 1.82) is 0 Å². The van der Waals surface area contributed by atoms with E-state index < -0.39 is 0 Å². The van der Waals surface area contributed by atoms with Gasteiger partial charge >= 0.3 is 0 Å². The van der Waals surface area contributed by atoms with Crippen molar-refractivity contribution >= 4 is 35.3 Å². The lowest BCUT2D eigenvalue weighted by molar-refractivity contribution is 0.0967. The van der Waals surface area contributed by atoms with Crippen molar-refractivity contribution in [3.63, 3.8) is 0 Å². The van der Waals surface area contributed by atoms with Crippen molar-refractivity contribution in [1.82, 2.24) is 9.88 Å². The van der Waals surface area contributed by atoms with Gasteiger partial charge in [-0.2, -0.15) is 0 Å². The molecule has 3 N–H and O–H groups in total. The van der Waals surface area contributed by atoms with Gasteiger partial charge < -0.3 is 20.0 Å². The number of nitrogens with one attached hydrogen (secondary N) is 1. The molecule has 0 aliphatic carbocycles. The van der Waals surface area contributed by atoms with E-state index >= 15 is 0 Å². The highest BCUT2D eigenvalue weighted by Gasteiger charge is 2.16. The van der Waals surface area contributed by atoms with Crippen LogP contribution in [0.5, 0.6) is 0 Å². The number of amides is 1. The topological polar surface area (TPSA) is 73.2 Å². The summed E-state index contributed by atoms with van der Waals surface area (Å²) in [6, 6.07) is 3.62. The minimum Gasteiger partial charge on any atom is -0.467 e. The average Bonchev–Trinajstić information content (AvgIpc) is 2.91. The van der Waals surface area contributed by atoms with Gasteiger partial charge in [0, 0.05) is 7.05 Å². The maximum absolute atomic E-state index is 11.5. The quantitative estimate of drug-likeness (QED) is 0.834. The second kappa shape index (κ2) is 4.72. The van der Waals surface area contributed by atoms with Crippen LogP contribution in [0.4, 0.5) is 5.82 Å². The van der Waals surface area contributed by atoms with E-state index in [1.54, 1.807) is 23.9 Å². The standard InChI is InChI=1S/C10H11N3O2S2/c1-12-9(14)7-8(11)13(10(16)17-7)5-6-3-2-4-15-6/h2-4H,5,11H2,1H3,(H,12,14). The Kier molecular flexibility index (Phi) is 3.30. The molecule has 0 bridgehead atoms. The molecule has 0 saturated heterocycles.